The average molecular weight is 389 g/mol. The van der Waals surface area contributed by atoms with Gasteiger partial charge in [-0.3, -0.25) is 4.79 Å². The van der Waals surface area contributed by atoms with Gasteiger partial charge in [0.05, 0.1) is 25.5 Å². The second-order valence-electron chi connectivity index (χ2n) is 6.97. The third kappa shape index (κ3) is 4.36. The lowest BCUT2D eigenvalue weighted by Crippen LogP contribution is -2.36. The molecule has 152 valence electrons. The van der Waals surface area contributed by atoms with E-state index in [1.165, 1.54) is 12.1 Å². The lowest BCUT2D eigenvalue weighted by Gasteiger charge is -2.29. The van der Waals surface area contributed by atoms with Gasteiger partial charge in [-0.05, 0) is 31.5 Å². The van der Waals surface area contributed by atoms with E-state index in [1.54, 1.807) is 19.2 Å². The number of ether oxygens (including phenoxy) is 2. The van der Waals surface area contributed by atoms with Crippen LogP contribution in [0.4, 0.5) is 10.1 Å². The fourth-order valence-corrected chi connectivity index (χ4v) is 3.75. The highest BCUT2D eigenvalue weighted by Crippen LogP contribution is 2.32. The predicted molar refractivity (Wildman–Crippen MR) is 107 cm³/mol. The largest absolute Gasteiger partial charge is 0.383 e. The zero-order valence-electron chi connectivity index (χ0n) is 16.8. The van der Waals surface area contributed by atoms with Crippen LogP contribution >= 0.6 is 0 Å². The van der Waals surface area contributed by atoms with Gasteiger partial charge in [-0.2, -0.15) is 0 Å². The van der Waals surface area contributed by atoms with Crippen molar-refractivity contribution in [1.29, 1.82) is 0 Å². The number of nitrogens with one attached hydrogen (secondary N) is 1. The molecule has 6 nitrogen and oxygen atoms in total. The predicted octanol–water partition coefficient (Wildman–Crippen LogP) is 2.51. The Kier molecular flexibility index (Phi) is 6.70. The van der Waals surface area contributed by atoms with Crippen LogP contribution in [0.25, 0.3) is 0 Å². The molecule has 1 N–H and O–H groups in total. The number of amides is 1. The number of nitrogens with zero attached hydrogens (tertiary/aromatic N) is 2. The Labute approximate surface area is 165 Å². The number of aromatic nitrogens is 1. The third-order valence-electron chi connectivity index (χ3n) is 5.12. The van der Waals surface area contributed by atoms with Gasteiger partial charge in [0.1, 0.15) is 11.5 Å². The topological polar surface area (TPSA) is 55.7 Å². The summed E-state index contributed by atoms with van der Waals surface area (Å²) in [5.41, 5.74) is 4.65. The van der Waals surface area contributed by atoms with Gasteiger partial charge >= 0.3 is 0 Å². The minimum absolute atomic E-state index is 0.126. The van der Waals surface area contributed by atoms with Gasteiger partial charge < -0.3 is 24.3 Å². The quantitative estimate of drug-likeness (QED) is 0.740. The van der Waals surface area contributed by atoms with Crippen LogP contribution in [0, 0.1) is 19.7 Å². The summed E-state index contributed by atoms with van der Waals surface area (Å²) in [5, 5.41) is 2.93. The molecule has 1 aromatic carbocycles. The Morgan fingerprint density at radius 2 is 1.89 bits per heavy atom. The van der Waals surface area contributed by atoms with E-state index in [-0.39, 0.29) is 11.7 Å². The lowest BCUT2D eigenvalue weighted by molar-refractivity contribution is 0.0927. The molecule has 1 fully saturated rings. The first kappa shape index (κ1) is 20.4. The van der Waals surface area contributed by atoms with E-state index in [4.69, 9.17) is 9.47 Å². The Morgan fingerprint density at radius 1 is 1.21 bits per heavy atom. The number of hydrogen-bond acceptors (Lipinski definition) is 4. The number of carbonyl (C=O) groups is 1. The maximum Gasteiger partial charge on any atom is 0.268 e. The van der Waals surface area contributed by atoms with Crippen LogP contribution in [0.5, 0.6) is 0 Å². The molecule has 1 aliphatic rings. The minimum atomic E-state index is -0.268. The number of rotatable bonds is 7. The first-order valence-corrected chi connectivity index (χ1v) is 9.57. The number of hydrogen-bond donors (Lipinski definition) is 1. The summed E-state index contributed by atoms with van der Waals surface area (Å²) >= 11 is 0. The van der Waals surface area contributed by atoms with Crippen molar-refractivity contribution in [3.63, 3.8) is 0 Å². The van der Waals surface area contributed by atoms with E-state index in [1.807, 2.05) is 18.4 Å². The highest BCUT2D eigenvalue weighted by atomic mass is 19.1. The summed E-state index contributed by atoms with van der Waals surface area (Å²) in [6.07, 6.45) is 0. The number of anilines is 1. The molecule has 28 heavy (non-hydrogen) atoms. The normalized spacial score (nSPS) is 14.4. The number of morpholine rings is 1. The summed E-state index contributed by atoms with van der Waals surface area (Å²) in [6, 6.07) is 6.40. The van der Waals surface area contributed by atoms with Gasteiger partial charge in [0.15, 0.2) is 0 Å². The summed E-state index contributed by atoms with van der Waals surface area (Å²) < 4.78 is 25.8. The first-order valence-electron chi connectivity index (χ1n) is 9.57. The van der Waals surface area contributed by atoms with Crippen molar-refractivity contribution in [3.8, 4) is 0 Å². The average Bonchev–Trinajstić information content (AvgIpc) is 2.94. The van der Waals surface area contributed by atoms with E-state index >= 15 is 0 Å². The maximum atomic E-state index is 13.3. The summed E-state index contributed by atoms with van der Waals surface area (Å²) in [7, 11) is 1.61. The Bertz CT molecular complexity index is 811. The van der Waals surface area contributed by atoms with E-state index in [0.717, 1.165) is 35.6 Å². The van der Waals surface area contributed by atoms with Gasteiger partial charge in [0.2, 0.25) is 0 Å². The fourth-order valence-electron chi connectivity index (χ4n) is 3.75. The zero-order valence-corrected chi connectivity index (χ0v) is 16.8. The van der Waals surface area contributed by atoms with Crippen molar-refractivity contribution in [3.05, 3.63) is 52.6 Å². The van der Waals surface area contributed by atoms with Gasteiger partial charge in [-0.25, -0.2) is 4.39 Å². The Hall–Kier alpha value is -2.38. The summed E-state index contributed by atoms with van der Waals surface area (Å²) in [6.45, 7) is 8.39. The molecule has 0 radical (unpaired) electrons. The molecule has 0 bridgehead atoms. The SMILES string of the molecule is COCCNC(=O)c1c(C)c(N2CCOCC2)c(C)n1Cc1ccc(F)cc1. The minimum Gasteiger partial charge on any atom is -0.383 e. The molecule has 1 aliphatic heterocycles. The highest BCUT2D eigenvalue weighted by Gasteiger charge is 2.26. The van der Waals surface area contributed by atoms with Crippen molar-refractivity contribution in [2.75, 3.05) is 51.5 Å². The van der Waals surface area contributed by atoms with E-state index in [9.17, 15) is 9.18 Å². The van der Waals surface area contributed by atoms with Gasteiger partial charge in [0.25, 0.3) is 5.91 Å². The Balaban J connectivity index is 1.98. The van der Waals surface area contributed by atoms with Crippen LogP contribution in [0.15, 0.2) is 24.3 Å². The molecule has 2 aromatic rings. The molecule has 0 aliphatic carbocycles. The van der Waals surface area contributed by atoms with E-state index < -0.39 is 0 Å². The second-order valence-corrected chi connectivity index (χ2v) is 6.97. The smallest absolute Gasteiger partial charge is 0.268 e. The van der Waals surface area contributed by atoms with Crippen molar-refractivity contribution in [1.82, 2.24) is 9.88 Å². The standard InChI is InChI=1S/C21H28FN3O3/c1-15-19(24-9-12-28-13-10-24)16(2)25(14-17-4-6-18(22)7-5-17)20(15)21(26)23-8-11-27-3/h4-7H,8-14H2,1-3H3,(H,23,26). The summed E-state index contributed by atoms with van der Waals surface area (Å²) in [5.74, 6) is -0.394. The van der Waals surface area contributed by atoms with Crippen LogP contribution in [0.3, 0.4) is 0 Å². The lowest BCUT2D eigenvalue weighted by atomic mass is 10.2. The van der Waals surface area contributed by atoms with Crippen LogP contribution in [0.1, 0.15) is 27.3 Å². The van der Waals surface area contributed by atoms with Crippen molar-refractivity contribution in [2.24, 2.45) is 0 Å². The molecule has 2 heterocycles. The van der Waals surface area contributed by atoms with Crippen LogP contribution in [0.2, 0.25) is 0 Å². The van der Waals surface area contributed by atoms with Gasteiger partial charge in [0, 0.05) is 44.5 Å². The fraction of sp³-hybridized carbons (Fsp3) is 0.476. The van der Waals surface area contributed by atoms with Crippen molar-refractivity contribution >= 4 is 11.6 Å². The highest BCUT2D eigenvalue weighted by molar-refractivity contribution is 5.96. The number of methoxy groups -OCH3 is 1. The first-order chi connectivity index (χ1) is 13.5. The second kappa shape index (κ2) is 9.21. The molecule has 0 spiro atoms. The molecule has 0 atom stereocenters. The molecular weight excluding hydrogens is 361 g/mol. The van der Waals surface area contributed by atoms with Crippen LogP contribution < -0.4 is 10.2 Å². The molecule has 0 unspecified atom stereocenters. The van der Waals surface area contributed by atoms with Crippen molar-refractivity contribution < 1.29 is 18.7 Å². The third-order valence-corrected chi connectivity index (χ3v) is 5.12. The van der Waals surface area contributed by atoms with Gasteiger partial charge in [-0.1, -0.05) is 12.1 Å². The van der Waals surface area contributed by atoms with Crippen molar-refractivity contribution in [2.45, 2.75) is 20.4 Å². The number of carbonyl (C=O) groups excluding carboxylic acids is 1. The summed E-state index contributed by atoms with van der Waals surface area (Å²) in [4.78, 5) is 15.2. The molecule has 1 saturated heterocycles. The molecular formula is C21H28FN3O3. The number of benzene rings is 1. The molecule has 7 heteroatoms. The molecule has 0 saturated carbocycles. The maximum absolute atomic E-state index is 13.3. The van der Waals surface area contributed by atoms with Crippen LogP contribution in [-0.4, -0.2) is 57.0 Å². The van der Waals surface area contributed by atoms with E-state index in [0.29, 0.717) is 38.6 Å². The zero-order chi connectivity index (χ0) is 20.1. The molecule has 3 rings (SSSR count). The van der Waals surface area contributed by atoms with Crippen LogP contribution in [-0.2, 0) is 16.0 Å². The Morgan fingerprint density at radius 3 is 2.54 bits per heavy atom. The van der Waals surface area contributed by atoms with E-state index in [2.05, 4.69) is 10.2 Å². The number of halogens is 1. The molecule has 1 amide bonds. The van der Waals surface area contributed by atoms with Gasteiger partial charge in [-0.15, -0.1) is 0 Å². The molecule has 1 aromatic heterocycles. The monoisotopic (exact) mass is 389 g/mol.